The van der Waals surface area contributed by atoms with Gasteiger partial charge in [0, 0.05) is 18.6 Å². The van der Waals surface area contributed by atoms with E-state index in [1.807, 2.05) is 0 Å². The van der Waals surface area contributed by atoms with Crippen LogP contribution in [-0.4, -0.2) is 29.5 Å². The Hall–Kier alpha value is -1.22. The molecule has 1 saturated carbocycles. The van der Waals surface area contributed by atoms with Gasteiger partial charge in [-0.25, -0.2) is 0 Å². The Morgan fingerprint density at radius 2 is 2.25 bits per heavy atom. The van der Waals surface area contributed by atoms with E-state index in [0.29, 0.717) is 10.9 Å². The number of halogens is 1. The second-order valence-corrected chi connectivity index (χ2v) is 4.73. The Bertz CT molecular complexity index is 415. The van der Waals surface area contributed by atoms with E-state index in [9.17, 15) is 9.90 Å². The van der Waals surface area contributed by atoms with Crippen LogP contribution in [0.1, 0.15) is 23.2 Å². The number of carbonyl (C=O) groups is 1. The Kier molecular flexibility index (Phi) is 3.06. The van der Waals surface area contributed by atoms with Gasteiger partial charge in [0.1, 0.15) is 5.75 Å². The molecule has 0 aliphatic heterocycles. The van der Waals surface area contributed by atoms with Crippen molar-refractivity contribution >= 4 is 17.5 Å². The van der Waals surface area contributed by atoms with Crippen LogP contribution in [0.2, 0.25) is 5.02 Å². The highest BCUT2D eigenvalue weighted by Gasteiger charge is 2.26. The molecule has 1 aliphatic rings. The first kappa shape index (κ1) is 11.3. The second kappa shape index (κ2) is 4.34. The predicted octanol–water partition coefficient (Wildman–Crippen LogP) is 2.53. The summed E-state index contributed by atoms with van der Waals surface area (Å²) in [6, 6.07) is 4.51. The third kappa shape index (κ3) is 2.47. The van der Waals surface area contributed by atoms with E-state index in [0.717, 1.165) is 6.54 Å². The Labute approximate surface area is 99.6 Å². The first-order valence-electron chi connectivity index (χ1n) is 5.32. The number of hydrogen-bond donors (Lipinski definition) is 1. The molecule has 0 bridgehead atoms. The van der Waals surface area contributed by atoms with Crippen LogP contribution in [-0.2, 0) is 0 Å². The van der Waals surface area contributed by atoms with Gasteiger partial charge < -0.3 is 10.0 Å². The number of amides is 1. The van der Waals surface area contributed by atoms with Gasteiger partial charge in [-0.15, -0.1) is 0 Å². The van der Waals surface area contributed by atoms with Gasteiger partial charge in [0.05, 0.1) is 5.56 Å². The van der Waals surface area contributed by atoms with Crippen molar-refractivity contribution in [3.63, 3.8) is 0 Å². The van der Waals surface area contributed by atoms with Crippen molar-refractivity contribution in [2.45, 2.75) is 12.8 Å². The molecule has 1 N–H and O–H groups in total. The zero-order valence-electron chi connectivity index (χ0n) is 9.11. The molecule has 1 aliphatic carbocycles. The van der Waals surface area contributed by atoms with Gasteiger partial charge in [0.15, 0.2) is 0 Å². The maximum atomic E-state index is 12.0. The summed E-state index contributed by atoms with van der Waals surface area (Å²) in [6.45, 7) is 0.755. The number of rotatable bonds is 3. The van der Waals surface area contributed by atoms with Crippen LogP contribution in [0, 0.1) is 5.92 Å². The van der Waals surface area contributed by atoms with E-state index >= 15 is 0 Å². The van der Waals surface area contributed by atoms with E-state index < -0.39 is 0 Å². The molecule has 16 heavy (non-hydrogen) atoms. The van der Waals surface area contributed by atoms with Gasteiger partial charge in [0.2, 0.25) is 0 Å². The molecule has 0 unspecified atom stereocenters. The van der Waals surface area contributed by atoms with Gasteiger partial charge in [-0.1, -0.05) is 11.6 Å². The summed E-state index contributed by atoms with van der Waals surface area (Å²) in [4.78, 5) is 13.6. The minimum atomic E-state index is -0.174. The monoisotopic (exact) mass is 239 g/mol. The number of aromatic hydroxyl groups is 1. The third-order valence-electron chi connectivity index (χ3n) is 2.76. The summed E-state index contributed by atoms with van der Waals surface area (Å²) in [7, 11) is 1.75. The summed E-state index contributed by atoms with van der Waals surface area (Å²) in [5, 5.41) is 10.1. The highest BCUT2D eigenvalue weighted by Crippen LogP contribution is 2.30. The first-order chi connectivity index (χ1) is 7.58. The van der Waals surface area contributed by atoms with Crippen molar-refractivity contribution in [2.24, 2.45) is 5.92 Å². The molecule has 86 valence electrons. The lowest BCUT2D eigenvalue weighted by Crippen LogP contribution is -2.28. The first-order valence-corrected chi connectivity index (χ1v) is 5.69. The Morgan fingerprint density at radius 1 is 1.56 bits per heavy atom. The molecule has 1 amide bonds. The Balaban J connectivity index is 2.14. The smallest absolute Gasteiger partial charge is 0.257 e. The lowest BCUT2D eigenvalue weighted by molar-refractivity contribution is 0.0785. The van der Waals surface area contributed by atoms with Crippen LogP contribution in [0.4, 0.5) is 0 Å². The molecule has 1 fully saturated rings. The average Bonchev–Trinajstić information content (AvgIpc) is 3.04. The number of hydrogen-bond acceptors (Lipinski definition) is 2. The van der Waals surface area contributed by atoms with Gasteiger partial charge >= 0.3 is 0 Å². The SMILES string of the molecule is CN(CC1CC1)C(=O)c1cc(Cl)ccc1O. The van der Waals surface area contributed by atoms with Gasteiger partial charge in [0.25, 0.3) is 5.91 Å². The fraction of sp³-hybridized carbons (Fsp3) is 0.417. The molecule has 0 aromatic heterocycles. The van der Waals surface area contributed by atoms with Crippen molar-refractivity contribution < 1.29 is 9.90 Å². The zero-order valence-corrected chi connectivity index (χ0v) is 9.87. The number of carbonyl (C=O) groups excluding carboxylic acids is 1. The van der Waals surface area contributed by atoms with E-state index in [4.69, 9.17) is 11.6 Å². The van der Waals surface area contributed by atoms with Crippen LogP contribution in [0.5, 0.6) is 5.75 Å². The van der Waals surface area contributed by atoms with Crippen molar-refractivity contribution in [1.29, 1.82) is 0 Å². The summed E-state index contributed by atoms with van der Waals surface area (Å²) in [5.74, 6) is 0.444. The minimum absolute atomic E-state index is 0.0166. The summed E-state index contributed by atoms with van der Waals surface area (Å²) < 4.78 is 0. The quantitative estimate of drug-likeness (QED) is 0.881. The highest BCUT2D eigenvalue weighted by molar-refractivity contribution is 6.31. The predicted molar refractivity (Wildman–Crippen MR) is 62.8 cm³/mol. The van der Waals surface area contributed by atoms with E-state index in [-0.39, 0.29) is 17.2 Å². The van der Waals surface area contributed by atoms with Gasteiger partial charge in [-0.3, -0.25) is 4.79 Å². The van der Waals surface area contributed by atoms with E-state index in [1.165, 1.54) is 25.0 Å². The molecule has 1 aromatic rings. The van der Waals surface area contributed by atoms with E-state index in [2.05, 4.69) is 0 Å². The molecule has 0 radical (unpaired) electrons. The fourth-order valence-corrected chi connectivity index (χ4v) is 1.83. The summed E-state index contributed by atoms with van der Waals surface area (Å²) >= 11 is 5.80. The van der Waals surface area contributed by atoms with Crippen molar-refractivity contribution in [3.8, 4) is 5.75 Å². The van der Waals surface area contributed by atoms with Crippen LogP contribution in [0.3, 0.4) is 0 Å². The van der Waals surface area contributed by atoms with Crippen LogP contribution >= 0.6 is 11.6 Å². The van der Waals surface area contributed by atoms with Crippen LogP contribution in [0.25, 0.3) is 0 Å². The second-order valence-electron chi connectivity index (χ2n) is 4.29. The number of phenols is 1. The number of phenolic OH excluding ortho intramolecular Hbond substituents is 1. The van der Waals surface area contributed by atoms with Crippen molar-refractivity contribution in [2.75, 3.05) is 13.6 Å². The summed E-state index contributed by atoms with van der Waals surface area (Å²) in [5.41, 5.74) is 0.274. The molecule has 0 heterocycles. The largest absolute Gasteiger partial charge is 0.507 e. The lowest BCUT2D eigenvalue weighted by Gasteiger charge is -2.17. The fourth-order valence-electron chi connectivity index (χ4n) is 1.66. The standard InChI is InChI=1S/C12H14ClNO2/c1-14(7-8-2-3-8)12(16)10-6-9(13)4-5-11(10)15/h4-6,8,15H,2-3,7H2,1H3. The zero-order chi connectivity index (χ0) is 11.7. The molecule has 0 atom stereocenters. The Morgan fingerprint density at radius 3 is 2.88 bits per heavy atom. The molecule has 1 aromatic carbocycles. The molecular weight excluding hydrogens is 226 g/mol. The normalized spacial score (nSPS) is 14.9. The molecule has 0 saturated heterocycles. The lowest BCUT2D eigenvalue weighted by atomic mass is 10.1. The maximum Gasteiger partial charge on any atom is 0.257 e. The molecule has 0 spiro atoms. The topological polar surface area (TPSA) is 40.5 Å². The summed E-state index contributed by atoms with van der Waals surface area (Å²) in [6.07, 6.45) is 2.39. The maximum absolute atomic E-state index is 12.0. The van der Waals surface area contributed by atoms with Crippen LogP contribution in [0.15, 0.2) is 18.2 Å². The van der Waals surface area contributed by atoms with Crippen LogP contribution < -0.4 is 0 Å². The van der Waals surface area contributed by atoms with Gasteiger partial charge in [-0.05, 0) is 37.0 Å². The number of benzene rings is 1. The highest BCUT2D eigenvalue weighted by atomic mass is 35.5. The molecular formula is C12H14ClNO2. The third-order valence-corrected chi connectivity index (χ3v) is 3.00. The number of nitrogens with zero attached hydrogens (tertiary/aromatic N) is 1. The van der Waals surface area contributed by atoms with E-state index in [1.54, 1.807) is 18.0 Å². The van der Waals surface area contributed by atoms with Crippen molar-refractivity contribution in [3.05, 3.63) is 28.8 Å². The van der Waals surface area contributed by atoms with Crippen molar-refractivity contribution in [1.82, 2.24) is 4.90 Å². The average molecular weight is 240 g/mol. The molecule has 4 heteroatoms. The molecule has 3 nitrogen and oxygen atoms in total. The van der Waals surface area contributed by atoms with Gasteiger partial charge in [-0.2, -0.15) is 0 Å². The minimum Gasteiger partial charge on any atom is -0.507 e. The molecule has 2 rings (SSSR count).